The molecular formula is C23H21Br. The molecule has 0 saturated carbocycles. The molecule has 0 unspecified atom stereocenters. The van der Waals surface area contributed by atoms with Gasteiger partial charge in [0, 0.05) is 0 Å². The summed E-state index contributed by atoms with van der Waals surface area (Å²) in [6, 6.07) is 24.4. The summed E-state index contributed by atoms with van der Waals surface area (Å²) >= 11 is 4.06. The van der Waals surface area contributed by atoms with Crippen molar-refractivity contribution >= 4 is 48.2 Å². The average molecular weight is 377 g/mol. The Kier molecular flexibility index (Phi) is 3.85. The van der Waals surface area contributed by atoms with Gasteiger partial charge in [-0.3, -0.25) is 0 Å². The predicted molar refractivity (Wildman–Crippen MR) is 110 cm³/mol. The van der Waals surface area contributed by atoms with Gasteiger partial charge in [-0.05, 0) is 50.7 Å². The van der Waals surface area contributed by atoms with E-state index in [0.717, 1.165) is 12.8 Å². The first-order valence-corrected chi connectivity index (χ1v) is 9.50. The Morgan fingerprint density at radius 3 is 1.54 bits per heavy atom. The van der Waals surface area contributed by atoms with Crippen LogP contribution in [-0.2, 0) is 4.32 Å². The number of hydrogen-bond acceptors (Lipinski definition) is 0. The number of hydrogen-bond donors (Lipinski definition) is 0. The number of fused-ring (bicyclic) bond motifs is 6. The van der Waals surface area contributed by atoms with Crippen LogP contribution in [-0.4, -0.2) is 0 Å². The zero-order valence-corrected chi connectivity index (χ0v) is 15.7. The Hall–Kier alpha value is -1.86. The smallest absolute Gasteiger partial charge is 0.0507 e. The first-order valence-electron chi connectivity index (χ1n) is 8.71. The molecule has 0 aliphatic heterocycles. The van der Waals surface area contributed by atoms with Gasteiger partial charge in [0.15, 0.2) is 0 Å². The minimum absolute atomic E-state index is 0.0255. The Morgan fingerprint density at radius 1 is 0.625 bits per heavy atom. The molecule has 4 rings (SSSR count). The van der Waals surface area contributed by atoms with Gasteiger partial charge in [0.1, 0.15) is 0 Å². The van der Waals surface area contributed by atoms with Gasteiger partial charge in [-0.2, -0.15) is 0 Å². The van der Waals surface area contributed by atoms with E-state index < -0.39 is 0 Å². The highest BCUT2D eigenvalue weighted by molar-refractivity contribution is 9.09. The van der Waals surface area contributed by atoms with Gasteiger partial charge in [0.05, 0.1) is 4.32 Å². The summed E-state index contributed by atoms with van der Waals surface area (Å²) in [5, 5.41) is 8.13. The fraction of sp³-hybridized carbons (Fsp3) is 0.217. The minimum Gasteiger partial charge on any atom is -0.0801 e. The van der Waals surface area contributed by atoms with Crippen LogP contribution in [0.15, 0.2) is 66.7 Å². The molecule has 4 aromatic carbocycles. The van der Waals surface area contributed by atoms with Crippen molar-refractivity contribution in [1.29, 1.82) is 0 Å². The van der Waals surface area contributed by atoms with E-state index in [1.165, 1.54) is 37.9 Å². The molecule has 0 nitrogen and oxygen atoms in total. The maximum atomic E-state index is 4.06. The standard InChI is InChI=1S/C23H21Br/c1-3-23(24,4-2)21-15-9-14-20-18-11-6-5-10-16(18)17-12-7-8-13-19(17)22(20)21/h5-15H,3-4H2,1-2H3. The van der Waals surface area contributed by atoms with Crippen LogP contribution in [0.25, 0.3) is 32.3 Å². The average Bonchev–Trinajstić information content (AvgIpc) is 2.67. The highest BCUT2D eigenvalue weighted by Gasteiger charge is 2.27. The van der Waals surface area contributed by atoms with Crippen LogP contribution in [0, 0.1) is 0 Å². The summed E-state index contributed by atoms with van der Waals surface area (Å²) in [4.78, 5) is 0. The Bertz CT molecular complexity index is 997. The molecule has 0 heterocycles. The first kappa shape index (κ1) is 15.7. The summed E-state index contributed by atoms with van der Waals surface area (Å²) in [5.41, 5.74) is 1.41. The van der Waals surface area contributed by atoms with Gasteiger partial charge in [0.2, 0.25) is 0 Å². The third kappa shape index (κ3) is 2.18. The van der Waals surface area contributed by atoms with Gasteiger partial charge >= 0.3 is 0 Å². The molecule has 0 radical (unpaired) electrons. The van der Waals surface area contributed by atoms with Gasteiger partial charge in [0.25, 0.3) is 0 Å². The SMILES string of the molecule is CCC(Br)(CC)c1cccc2c3ccccc3c3ccccc3c12. The molecule has 0 amide bonds. The minimum atomic E-state index is 0.0255. The zero-order valence-electron chi connectivity index (χ0n) is 14.1. The van der Waals surface area contributed by atoms with E-state index in [0.29, 0.717) is 0 Å². The molecule has 0 aliphatic carbocycles. The van der Waals surface area contributed by atoms with Crippen molar-refractivity contribution in [1.82, 2.24) is 0 Å². The molecule has 1 heteroatoms. The van der Waals surface area contributed by atoms with Crippen LogP contribution in [0.1, 0.15) is 32.3 Å². The van der Waals surface area contributed by atoms with Crippen molar-refractivity contribution in [2.75, 3.05) is 0 Å². The largest absolute Gasteiger partial charge is 0.0801 e. The highest BCUT2D eigenvalue weighted by atomic mass is 79.9. The van der Waals surface area contributed by atoms with Crippen molar-refractivity contribution in [2.24, 2.45) is 0 Å². The molecule has 0 aliphatic rings. The molecule has 0 spiro atoms. The lowest BCUT2D eigenvalue weighted by atomic mass is 9.85. The van der Waals surface area contributed by atoms with Crippen molar-refractivity contribution in [2.45, 2.75) is 31.0 Å². The molecular weight excluding hydrogens is 356 g/mol. The molecule has 0 atom stereocenters. The van der Waals surface area contributed by atoms with Crippen LogP contribution < -0.4 is 0 Å². The third-order valence-electron chi connectivity index (χ3n) is 5.37. The van der Waals surface area contributed by atoms with E-state index in [-0.39, 0.29) is 4.32 Å². The summed E-state index contributed by atoms with van der Waals surface area (Å²) in [6.07, 6.45) is 2.15. The Balaban J connectivity index is 2.31. The molecule has 0 aromatic heterocycles. The number of alkyl halides is 1. The van der Waals surface area contributed by atoms with E-state index in [1.807, 2.05) is 0 Å². The molecule has 0 bridgehead atoms. The van der Waals surface area contributed by atoms with Crippen molar-refractivity contribution in [3.8, 4) is 0 Å². The monoisotopic (exact) mass is 376 g/mol. The molecule has 24 heavy (non-hydrogen) atoms. The summed E-state index contributed by atoms with van der Waals surface area (Å²) < 4.78 is 0.0255. The molecule has 120 valence electrons. The van der Waals surface area contributed by atoms with E-state index >= 15 is 0 Å². The predicted octanol–water partition coefficient (Wildman–Crippen LogP) is 7.56. The lowest BCUT2D eigenvalue weighted by Crippen LogP contribution is -2.16. The summed E-state index contributed by atoms with van der Waals surface area (Å²) in [6.45, 7) is 4.53. The second-order valence-electron chi connectivity index (χ2n) is 6.49. The van der Waals surface area contributed by atoms with Crippen LogP contribution in [0.5, 0.6) is 0 Å². The van der Waals surface area contributed by atoms with E-state index in [1.54, 1.807) is 0 Å². The van der Waals surface area contributed by atoms with Crippen molar-refractivity contribution in [3.63, 3.8) is 0 Å². The van der Waals surface area contributed by atoms with E-state index in [9.17, 15) is 0 Å². The third-order valence-corrected chi connectivity index (χ3v) is 6.92. The maximum absolute atomic E-state index is 4.06. The lowest BCUT2D eigenvalue weighted by molar-refractivity contribution is 0.599. The molecule has 0 saturated heterocycles. The highest BCUT2D eigenvalue weighted by Crippen LogP contribution is 2.45. The maximum Gasteiger partial charge on any atom is 0.0507 e. The lowest BCUT2D eigenvalue weighted by Gasteiger charge is -2.28. The first-order chi connectivity index (χ1) is 11.7. The Morgan fingerprint density at radius 2 is 1.04 bits per heavy atom. The molecule has 0 N–H and O–H groups in total. The van der Waals surface area contributed by atoms with Gasteiger partial charge in [-0.15, -0.1) is 0 Å². The van der Waals surface area contributed by atoms with E-state index in [2.05, 4.69) is 96.5 Å². The van der Waals surface area contributed by atoms with Crippen LogP contribution in [0.3, 0.4) is 0 Å². The quantitative estimate of drug-likeness (QED) is 0.255. The normalized spacial score (nSPS) is 12.3. The van der Waals surface area contributed by atoms with Gasteiger partial charge < -0.3 is 0 Å². The van der Waals surface area contributed by atoms with E-state index in [4.69, 9.17) is 0 Å². The fourth-order valence-electron chi connectivity index (χ4n) is 3.96. The Labute approximate surface area is 151 Å². The van der Waals surface area contributed by atoms with Crippen molar-refractivity contribution < 1.29 is 0 Å². The van der Waals surface area contributed by atoms with Crippen LogP contribution in [0.2, 0.25) is 0 Å². The fourth-order valence-corrected chi connectivity index (χ4v) is 4.29. The topological polar surface area (TPSA) is 0 Å². The molecule has 4 aromatic rings. The number of rotatable bonds is 3. The second kappa shape index (κ2) is 5.89. The second-order valence-corrected chi connectivity index (χ2v) is 8.01. The number of halogens is 1. The van der Waals surface area contributed by atoms with Crippen LogP contribution in [0.4, 0.5) is 0 Å². The van der Waals surface area contributed by atoms with Gasteiger partial charge in [-0.1, -0.05) is 96.5 Å². The summed E-state index contributed by atoms with van der Waals surface area (Å²) in [5.74, 6) is 0. The molecule has 0 fully saturated rings. The van der Waals surface area contributed by atoms with Crippen molar-refractivity contribution in [3.05, 3.63) is 72.3 Å². The zero-order chi connectivity index (χ0) is 16.7. The number of benzene rings is 4. The van der Waals surface area contributed by atoms with Gasteiger partial charge in [-0.25, -0.2) is 0 Å². The summed E-state index contributed by atoms with van der Waals surface area (Å²) in [7, 11) is 0. The van der Waals surface area contributed by atoms with Crippen LogP contribution >= 0.6 is 15.9 Å².